The summed E-state index contributed by atoms with van der Waals surface area (Å²) in [7, 11) is 0. The highest BCUT2D eigenvalue weighted by atomic mass is 79.9. The molecule has 1 N–H and O–H groups in total. The number of esters is 1. The molecule has 2 rings (SSSR count). The van der Waals surface area contributed by atoms with Gasteiger partial charge in [0.25, 0.3) is 5.91 Å². The van der Waals surface area contributed by atoms with E-state index < -0.39 is 18.0 Å². The van der Waals surface area contributed by atoms with Crippen molar-refractivity contribution in [3.05, 3.63) is 58.5 Å². The number of ketones is 1. The number of hydrogen-bond acceptors (Lipinski definition) is 5. The fourth-order valence-corrected chi connectivity index (χ4v) is 2.21. The molecule has 130 valence electrons. The molecule has 6 nitrogen and oxygen atoms in total. The van der Waals surface area contributed by atoms with Crippen molar-refractivity contribution in [3.8, 4) is 0 Å². The Morgan fingerprint density at radius 3 is 2.64 bits per heavy atom. The van der Waals surface area contributed by atoms with Crippen LogP contribution in [-0.2, 0) is 14.3 Å². The number of furan rings is 1. The predicted octanol–water partition coefficient (Wildman–Crippen LogP) is 3.83. The van der Waals surface area contributed by atoms with Gasteiger partial charge in [0.2, 0.25) is 0 Å². The lowest BCUT2D eigenvalue weighted by Crippen LogP contribution is -2.29. The second-order valence-electron chi connectivity index (χ2n) is 5.18. The Balaban J connectivity index is 1.91. The second kappa shape index (κ2) is 8.43. The van der Waals surface area contributed by atoms with Crippen molar-refractivity contribution in [1.29, 1.82) is 0 Å². The van der Waals surface area contributed by atoms with Crippen LogP contribution in [0, 0.1) is 0 Å². The first-order valence-corrected chi connectivity index (χ1v) is 8.20. The molecule has 1 aromatic carbocycles. The molecule has 0 saturated heterocycles. The summed E-state index contributed by atoms with van der Waals surface area (Å²) < 4.78 is 10.8. The first kappa shape index (κ1) is 18.7. The summed E-state index contributed by atoms with van der Waals surface area (Å²) >= 11 is 3.15. The molecule has 0 spiro atoms. The fourth-order valence-electron chi connectivity index (χ4n) is 1.89. The summed E-state index contributed by atoms with van der Waals surface area (Å²) in [6.07, 6.45) is 1.61. The Hall–Kier alpha value is -2.67. The molecule has 0 aliphatic rings. The van der Waals surface area contributed by atoms with E-state index in [0.717, 1.165) is 0 Å². The Labute approximate surface area is 153 Å². The Kier molecular flexibility index (Phi) is 6.30. The van der Waals surface area contributed by atoms with Crippen LogP contribution in [0.15, 0.2) is 51.6 Å². The summed E-state index contributed by atoms with van der Waals surface area (Å²) in [5.74, 6) is -0.803. The fraction of sp³-hybridized carbons (Fsp3) is 0.167. The molecule has 0 aliphatic heterocycles. The molecule has 25 heavy (non-hydrogen) atoms. The van der Waals surface area contributed by atoms with Crippen LogP contribution in [0.25, 0.3) is 6.08 Å². The molecule has 0 saturated carbocycles. The molecular formula is C18H16BrNO5. The van der Waals surface area contributed by atoms with Gasteiger partial charge in [-0.1, -0.05) is 12.1 Å². The Morgan fingerprint density at radius 2 is 2.00 bits per heavy atom. The van der Waals surface area contributed by atoms with Gasteiger partial charge in [0.05, 0.1) is 0 Å². The zero-order chi connectivity index (χ0) is 18.4. The van der Waals surface area contributed by atoms with E-state index in [-0.39, 0.29) is 5.78 Å². The maximum Gasteiger partial charge on any atom is 0.331 e. The summed E-state index contributed by atoms with van der Waals surface area (Å²) in [6, 6.07) is 9.88. The van der Waals surface area contributed by atoms with Crippen LogP contribution in [0.4, 0.5) is 5.69 Å². The topological polar surface area (TPSA) is 85.6 Å². The lowest BCUT2D eigenvalue weighted by atomic mass is 10.1. The van der Waals surface area contributed by atoms with Gasteiger partial charge in [-0.25, -0.2) is 4.79 Å². The van der Waals surface area contributed by atoms with Gasteiger partial charge < -0.3 is 14.5 Å². The molecule has 2 aromatic rings. The number of halogens is 1. The maximum atomic E-state index is 12.1. The van der Waals surface area contributed by atoms with Crippen LogP contribution in [0.3, 0.4) is 0 Å². The summed E-state index contributed by atoms with van der Waals surface area (Å²) in [4.78, 5) is 35.2. The van der Waals surface area contributed by atoms with Gasteiger partial charge in [-0.05, 0) is 60.1 Å². The average molecular weight is 406 g/mol. The average Bonchev–Trinajstić information content (AvgIpc) is 2.98. The van der Waals surface area contributed by atoms with Crippen molar-refractivity contribution >= 4 is 45.4 Å². The molecule has 1 atom stereocenters. The van der Waals surface area contributed by atoms with Crippen LogP contribution < -0.4 is 5.32 Å². The third kappa shape index (κ3) is 5.72. The smallest absolute Gasteiger partial charge is 0.331 e. The minimum atomic E-state index is -0.999. The number of carbonyl (C=O) groups excluding carboxylic acids is 3. The van der Waals surface area contributed by atoms with Gasteiger partial charge in [0.15, 0.2) is 16.6 Å². The number of hydrogen-bond donors (Lipinski definition) is 1. The van der Waals surface area contributed by atoms with E-state index in [1.807, 2.05) is 0 Å². The van der Waals surface area contributed by atoms with E-state index in [1.165, 1.54) is 26.0 Å². The number of ether oxygens (including phenoxy) is 1. The normalized spacial score (nSPS) is 12.0. The van der Waals surface area contributed by atoms with Crippen molar-refractivity contribution in [1.82, 2.24) is 0 Å². The van der Waals surface area contributed by atoms with E-state index in [9.17, 15) is 14.4 Å². The Morgan fingerprint density at radius 1 is 1.24 bits per heavy atom. The molecule has 0 unspecified atom stereocenters. The van der Waals surface area contributed by atoms with E-state index in [2.05, 4.69) is 21.2 Å². The standard InChI is InChI=1S/C18H16BrNO5/c1-11(21)13-4-3-5-14(10-13)20-18(23)12(2)24-17(22)9-7-15-6-8-16(19)25-15/h3-10,12H,1-2H3,(H,20,23)/b9-7+/t12-/m1/s1. The van der Waals surface area contributed by atoms with Crippen molar-refractivity contribution in [2.24, 2.45) is 0 Å². The minimum Gasteiger partial charge on any atom is -0.450 e. The van der Waals surface area contributed by atoms with Gasteiger partial charge in [-0.2, -0.15) is 0 Å². The zero-order valence-electron chi connectivity index (χ0n) is 13.6. The van der Waals surface area contributed by atoms with Crippen molar-refractivity contribution < 1.29 is 23.5 Å². The largest absolute Gasteiger partial charge is 0.450 e. The SMILES string of the molecule is CC(=O)c1cccc(NC(=O)[C@@H](C)OC(=O)/C=C/c2ccc(Br)o2)c1. The number of anilines is 1. The lowest BCUT2D eigenvalue weighted by Gasteiger charge is -2.12. The number of Topliss-reactive ketones (excluding diaryl/α,β-unsaturated/α-hetero) is 1. The van der Waals surface area contributed by atoms with Gasteiger partial charge in [-0.3, -0.25) is 9.59 Å². The van der Waals surface area contributed by atoms with E-state index in [1.54, 1.807) is 36.4 Å². The minimum absolute atomic E-state index is 0.106. The molecular weight excluding hydrogens is 390 g/mol. The molecule has 0 fully saturated rings. The third-order valence-electron chi connectivity index (χ3n) is 3.18. The van der Waals surface area contributed by atoms with Gasteiger partial charge >= 0.3 is 5.97 Å². The van der Waals surface area contributed by atoms with Gasteiger partial charge in [0.1, 0.15) is 5.76 Å². The van der Waals surface area contributed by atoms with Crippen molar-refractivity contribution in [3.63, 3.8) is 0 Å². The van der Waals surface area contributed by atoms with E-state index in [0.29, 0.717) is 21.7 Å². The molecule has 1 aromatic heterocycles. The molecule has 0 radical (unpaired) electrons. The van der Waals surface area contributed by atoms with E-state index in [4.69, 9.17) is 9.15 Å². The van der Waals surface area contributed by atoms with Crippen LogP contribution in [-0.4, -0.2) is 23.8 Å². The number of nitrogens with one attached hydrogen (secondary N) is 1. The monoisotopic (exact) mass is 405 g/mol. The molecule has 0 bridgehead atoms. The molecule has 1 amide bonds. The Bertz CT molecular complexity index is 824. The quantitative estimate of drug-likeness (QED) is 0.448. The highest BCUT2D eigenvalue weighted by molar-refractivity contribution is 9.10. The van der Waals surface area contributed by atoms with Crippen molar-refractivity contribution in [2.45, 2.75) is 20.0 Å². The number of amides is 1. The van der Waals surface area contributed by atoms with Gasteiger partial charge in [0, 0.05) is 17.3 Å². The van der Waals surface area contributed by atoms with Crippen LogP contribution in [0.2, 0.25) is 0 Å². The lowest BCUT2D eigenvalue weighted by molar-refractivity contribution is -0.148. The molecule has 0 aliphatic carbocycles. The van der Waals surface area contributed by atoms with Crippen LogP contribution in [0.5, 0.6) is 0 Å². The van der Waals surface area contributed by atoms with Crippen LogP contribution >= 0.6 is 15.9 Å². The number of carbonyl (C=O) groups is 3. The maximum absolute atomic E-state index is 12.1. The first-order chi connectivity index (χ1) is 11.8. The second-order valence-corrected chi connectivity index (χ2v) is 5.96. The molecule has 1 heterocycles. The zero-order valence-corrected chi connectivity index (χ0v) is 15.2. The first-order valence-electron chi connectivity index (χ1n) is 7.41. The highest BCUT2D eigenvalue weighted by Gasteiger charge is 2.17. The van der Waals surface area contributed by atoms with E-state index >= 15 is 0 Å². The highest BCUT2D eigenvalue weighted by Crippen LogP contribution is 2.15. The van der Waals surface area contributed by atoms with Crippen molar-refractivity contribution in [2.75, 3.05) is 5.32 Å². The van der Waals surface area contributed by atoms with Crippen LogP contribution in [0.1, 0.15) is 30.0 Å². The number of rotatable bonds is 6. The summed E-state index contributed by atoms with van der Waals surface area (Å²) in [6.45, 7) is 2.90. The predicted molar refractivity (Wildman–Crippen MR) is 96.1 cm³/mol. The van der Waals surface area contributed by atoms with Gasteiger partial charge in [-0.15, -0.1) is 0 Å². The third-order valence-corrected chi connectivity index (χ3v) is 3.60. The summed E-state index contributed by atoms with van der Waals surface area (Å²) in [5.41, 5.74) is 0.937. The number of benzene rings is 1. The summed E-state index contributed by atoms with van der Waals surface area (Å²) in [5, 5.41) is 2.60. The molecule has 7 heteroatoms.